The number of allylic oxidation sites excluding steroid dienone is 1. The van der Waals surface area contributed by atoms with Crippen molar-refractivity contribution in [2.24, 2.45) is 0 Å². The molecule has 1 aliphatic carbocycles. The average Bonchev–Trinajstić information content (AvgIpc) is 2.69. The number of hydrogen-bond donors (Lipinski definition) is 0. The third kappa shape index (κ3) is 11.2. The van der Waals surface area contributed by atoms with E-state index in [1.165, 1.54) is 6.08 Å². The van der Waals surface area contributed by atoms with E-state index in [4.69, 9.17) is 24.1 Å². The Kier molecular flexibility index (Phi) is 13.0. The van der Waals surface area contributed by atoms with Crippen molar-refractivity contribution in [3.8, 4) is 0 Å². The SMILES string of the molecule is CC(=O)[O-].[CH2]C(OCC)OC1(CC(=O)OCC)C=CC(=O)C1.[Pd]. The minimum Gasteiger partial charge on any atom is -0.550 e. The van der Waals surface area contributed by atoms with Crippen molar-refractivity contribution in [1.82, 2.24) is 0 Å². The number of carboxylic acids is 1. The average molecular weight is 421 g/mol. The van der Waals surface area contributed by atoms with Gasteiger partial charge in [0.1, 0.15) is 5.60 Å². The van der Waals surface area contributed by atoms with Crippen LogP contribution in [0.1, 0.15) is 33.6 Å². The number of carboxylic acid groups (broad SMARTS) is 1. The number of hydrogen-bond acceptors (Lipinski definition) is 7. The summed E-state index contributed by atoms with van der Waals surface area (Å²) in [4.78, 5) is 31.8. The Bertz CT molecular complexity index is 418. The predicted octanol–water partition coefficient (Wildman–Crippen LogP) is 0.174. The summed E-state index contributed by atoms with van der Waals surface area (Å²) in [5.41, 5.74) is -0.981. The minimum absolute atomic E-state index is 0. The quantitative estimate of drug-likeness (QED) is 0.329. The maximum atomic E-state index is 11.5. The zero-order valence-corrected chi connectivity index (χ0v) is 15.0. The molecule has 2 atom stereocenters. The summed E-state index contributed by atoms with van der Waals surface area (Å²) in [6.07, 6.45) is 2.38. The molecule has 0 bridgehead atoms. The summed E-state index contributed by atoms with van der Waals surface area (Å²) in [7, 11) is 0. The molecule has 0 amide bonds. The fraction of sp³-hybridized carbons (Fsp3) is 0.600. The van der Waals surface area contributed by atoms with Crippen molar-refractivity contribution in [2.75, 3.05) is 13.2 Å². The first-order valence-corrected chi connectivity index (χ1v) is 6.92. The topological polar surface area (TPSA) is 102 Å². The van der Waals surface area contributed by atoms with Crippen LogP contribution in [0.2, 0.25) is 0 Å². The van der Waals surface area contributed by atoms with Crippen LogP contribution in [0.15, 0.2) is 12.2 Å². The van der Waals surface area contributed by atoms with Crippen molar-refractivity contribution >= 4 is 17.7 Å². The molecule has 0 aliphatic heterocycles. The molecule has 0 N–H and O–H groups in total. The number of aliphatic carboxylic acids is 1. The number of ether oxygens (including phenoxy) is 3. The molecule has 0 saturated carbocycles. The molecular formula is C15H22O7Pd-. The van der Waals surface area contributed by atoms with E-state index < -0.39 is 23.8 Å². The molecule has 0 fully saturated rings. The van der Waals surface area contributed by atoms with Gasteiger partial charge in [0.25, 0.3) is 0 Å². The Hall–Kier alpha value is -1.07. The van der Waals surface area contributed by atoms with Gasteiger partial charge in [-0.15, -0.1) is 0 Å². The van der Waals surface area contributed by atoms with Gasteiger partial charge in [-0.25, -0.2) is 0 Å². The molecule has 1 radical (unpaired) electrons. The Morgan fingerprint density at radius 2 is 1.96 bits per heavy atom. The van der Waals surface area contributed by atoms with Gasteiger partial charge in [0.15, 0.2) is 12.1 Å². The van der Waals surface area contributed by atoms with Gasteiger partial charge in [-0.2, -0.15) is 0 Å². The van der Waals surface area contributed by atoms with Gasteiger partial charge in [0.05, 0.1) is 13.0 Å². The first-order chi connectivity index (χ1) is 10.2. The van der Waals surface area contributed by atoms with Crippen molar-refractivity contribution in [3.63, 3.8) is 0 Å². The molecule has 0 aromatic rings. The van der Waals surface area contributed by atoms with E-state index in [0.717, 1.165) is 6.92 Å². The summed E-state index contributed by atoms with van der Waals surface area (Å²) in [6.45, 7) is 8.93. The van der Waals surface area contributed by atoms with Gasteiger partial charge < -0.3 is 24.1 Å². The maximum Gasteiger partial charge on any atom is 0.309 e. The Morgan fingerprint density at radius 3 is 2.35 bits per heavy atom. The van der Waals surface area contributed by atoms with Gasteiger partial charge in [-0.05, 0) is 32.9 Å². The second-order valence-electron chi connectivity index (χ2n) is 4.52. The van der Waals surface area contributed by atoms with Crippen molar-refractivity contribution in [2.45, 2.75) is 45.5 Å². The number of carbonyl (C=O) groups excluding carboxylic acids is 3. The van der Waals surface area contributed by atoms with Gasteiger partial charge >= 0.3 is 5.97 Å². The Balaban J connectivity index is 0. The van der Waals surface area contributed by atoms with E-state index in [-0.39, 0.29) is 39.0 Å². The largest absolute Gasteiger partial charge is 0.550 e. The number of esters is 1. The summed E-state index contributed by atoms with van der Waals surface area (Å²) in [5.74, 6) is -1.57. The molecule has 2 unspecified atom stereocenters. The van der Waals surface area contributed by atoms with Crippen molar-refractivity contribution in [3.05, 3.63) is 19.1 Å². The second-order valence-corrected chi connectivity index (χ2v) is 4.52. The summed E-state index contributed by atoms with van der Waals surface area (Å²) >= 11 is 0. The van der Waals surface area contributed by atoms with Crippen LogP contribution in [0.3, 0.4) is 0 Å². The van der Waals surface area contributed by atoms with Crippen LogP contribution < -0.4 is 5.11 Å². The molecule has 23 heavy (non-hydrogen) atoms. The smallest absolute Gasteiger partial charge is 0.309 e. The molecule has 7 nitrogen and oxygen atoms in total. The van der Waals surface area contributed by atoms with Crippen LogP contribution >= 0.6 is 0 Å². The van der Waals surface area contributed by atoms with Gasteiger partial charge in [-0.1, -0.05) is 0 Å². The van der Waals surface area contributed by atoms with E-state index in [0.29, 0.717) is 13.2 Å². The third-order valence-electron chi connectivity index (χ3n) is 2.51. The standard InChI is InChI=1S/C13H19O5.C2H4O2.Pd/c1-4-16-10(3)18-13(7-6-11(14)8-13)9-12(15)17-5-2;1-2(3)4;/h6-7,10H,3-5,8-9H2,1-2H3;1H3,(H,3,4);/p-1. The van der Waals surface area contributed by atoms with Gasteiger partial charge in [-0.3, -0.25) is 9.59 Å². The van der Waals surface area contributed by atoms with Crippen LogP contribution in [0, 0.1) is 6.92 Å². The van der Waals surface area contributed by atoms with Crippen LogP contribution in [0.4, 0.5) is 0 Å². The van der Waals surface area contributed by atoms with E-state index in [9.17, 15) is 9.59 Å². The van der Waals surface area contributed by atoms with E-state index in [2.05, 4.69) is 6.92 Å². The van der Waals surface area contributed by atoms with Crippen LogP contribution in [0.25, 0.3) is 0 Å². The molecule has 8 heteroatoms. The zero-order chi connectivity index (χ0) is 17.2. The summed E-state index contributed by atoms with van der Waals surface area (Å²) < 4.78 is 15.6. The zero-order valence-electron chi connectivity index (χ0n) is 13.4. The second kappa shape index (κ2) is 12.4. The van der Waals surface area contributed by atoms with Crippen molar-refractivity contribution < 1.29 is 54.1 Å². The molecule has 0 spiro atoms. The van der Waals surface area contributed by atoms with E-state index in [1.807, 2.05) is 6.92 Å². The first-order valence-electron chi connectivity index (χ1n) is 6.92. The number of carbonyl (C=O) groups is 3. The van der Waals surface area contributed by atoms with E-state index >= 15 is 0 Å². The molecule has 0 aromatic heterocycles. The summed E-state index contributed by atoms with van der Waals surface area (Å²) in [5, 5.41) is 8.89. The Labute approximate surface area is 150 Å². The fourth-order valence-electron chi connectivity index (χ4n) is 1.84. The normalized spacial score (nSPS) is 20.1. The first kappa shape index (κ1) is 24.2. The number of ketones is 1. The Morgan fingerprint density at radius 1 is 1.39 bits per heavy atom. The molecule has 0 heterocycles. The predicted molar refractivity (Wildman–Crippen MR) is 75.3 cm³/mol. The molecule has 1 aliphatic rings. The number of rotatable bonds is 7. The molecule has 1 rings (SSSR count). The molecule has 135 valence electrons. The monoisotopic (exact) mass is 420 g/mol. The third-order valence-corrected chi connectivity index (χ3v) is 2.51. The fourth-order valence-corrected chi connectivity index (χ4v) is 1.84. The molecular weight excluding hydrogens is 399 g/mol. The van der Waals surface area contributed by atoms with Crippen molar-refractivity contribution in [1.29, 1.82) is 0 Å². The van der Waals surface area contributed by atoms with Crippen LogP contribution in [-0.4, -0.2) is 42.8 Å². The summed E-state index contributed by atoms with van der Waals surface area (Å²) in [6, 6.07) is 0. The molecule has 0 aromatic carbocycles. The van der Waals surface area contributed by atoms with Gasteiger partial charge in [0.2, 0.25) is 0 Å². The maximum absolute atomic E-state index is 11.5. The minimum atomic E-state index is -1.08. The molecule has 0 saturated heterocycles. The van der Waals surface area contributed by atoms with Crippen LogP contribution in [0.5, 0.6) is 0 Å². The van der Waals surface area contributed by atoms with E-state index in [1.54, 1.807) is 13.0 Å². The van der Waals surface area contributed by atoms with Crippen LogP contribution in [-0.2, 0) is 49.0 Å². The van der Waals surface area contributed by atoms with Gasteiger partial charge in [0, 0.05) is 46.3 Å².